The third-order valence-corrected chi connectivity index (χ3v) is 9.05. The molecule has 0 bridgehead atoms. The van der Waals surface area contributed by atoms with Crippen molar-refractivity contribution in [3.8, 4) is 11.1 Å². The second kappa shape index (κ2) is 16.1. The number of anilines is 4. The first kappa shape index (κ1) is 38.6. The number of hydrazine groups is 4. The van der Waals surface area contributed by atoms with Gasteiger partial charge in [0.2, 0.25) is 0 Å². The van der Waals surface area contributed by atoms with E-state index in [9.17, 15) is 20.2 Å². The summed E-state index contributed by atoms with van der Waals surface area (Å²) in [6.07, 6.45) is 0. The van der Waals surface area contributed by atoms with Gasteiger partial charge in [-0.3, -0.25) is 31.1 Å². The number of nitro groups is 2. The van der Waals surface area contributed by atoms with Gasteiger partial charge in [0.15, 0.2) is 11.7 Å². The smallest absolute Gasteiger partial charge is 0.259 e. The number of rotatable bonds is 9. The van der Waals surface area contributed by atoms with Crippen LogP contribution in [0.25, 0.3) is 11.1 Å². The number of nitrogens with zero attached hydrogens (tertiary/aromatic N) is 8. The maximum absolute atomic E-state index is 11.3. The summed E-state index contributed by atoms with van der Waals surface area (Å²) in [5, 5.41) is 39.4. The highest BCUT2D eigenvalue weighted by atomic mass is 35.5. The Balaban J connectivity index is 0.00000266. The first-order valence-corrected chi connectivity index (χ1v) is 17.0. The van der Waals surface area contributed by atoms with E-state index < -0.39 is 9.85 Å². The molecule has 2 heterocycles. The summed E-state index contributed by atoms with van der Waals surface area (Å²) in [5.74, 6) is 1.25. The molecule has 0 saturated carbocycles. The Labute approximate surface area is 334 Å². The predicted octanol–water partition coefficient (Wildman–Crippen LogP) is 8.85. The van der Waals surface area contributed by atoms with Crippen LogP contribution in [0.3, 0.4) is 0 Å². The molecule has 14 nitrogen and oxygen atoms in total. The molecule has 2 N–H and O–H groups in total. The van der Waals surface area contributed by atoms with Gasteiger partial charge in [0.05, 0.1) is 32.6 Å². The molecule has 0 aliphatic carbocycles. The Kier molecular flexibility index (Phi) is 11.1. The lowest BCUT2D eigenvalue weighted by Gasteiger charge is -2.30. The average molecular weight is 790 g/mol. The lowest BCUT2D eigenvalue weighted by atomic mass is 10.00. The van der Waals surface area contributed by atoms with Crippen LogP contribution in [0.2, 0.25) is 0 Å². The van der Waals surface area contributed by atoms with Gasteiger partial charge in [0.1, 0.15) is 0 Å². The number of non-ortho nitro benzene ring substituents is 2. The Bertz CT molecular complexity index is 2280. The van der Waals surface area contributed by atoms with Gasteiger partial charge in [-0.25, -0.2) is 0 Å². The van der Waals surface area contributed by atoms with Crippen LogP contribution in [0.5, 0.6) is 0 Å². The van der Waals surface area contributed by atoms with Crippen molar-refractivity contribution in [2.45, 2.75) is 13.8 Å². The van der Waals surface area contributed by atoms with Crippen molar-refractivity contribution in [1.29, 1.82) is 0 Å². The van der Waals surface area contributed by atoms with Crippen LogP contribution in [-0.2, 0) is 0 Å². The summed E-state index contributed by atoms with van der Waals surface area (Å²) < 4.78 is 0. The van der Waals surface area contributed by atoms with E-state index in [2.05, 4.69) is 23.0 Å². The fraction of sp³-hybridized carbons (Fsp3) is 0.0500. The fourth-order valence-electron chi connectivity index (χ4n) is 6.29. The minimum atomic E-state index is -0.425. The summed E-state index contributed by atoms with van der Waals surface area (Å²) in [7, 11) is 0. The van der Waals surface area contributed by atoms with Gasteiger partial charge in [-0.1, -0.05) is 72.8 Å². The van der Waals surface area contributed by atoms with E-state index in [1.807, 2.05) is 109 Å². The maximum atomic E-state index is 11.3. The van der Waals surface area contributed by atoms with Crippen LogP contribution in [0, 0.1) is 34.1 Å². The summed E-state index contributed by atoms with van der Waals surface area (Å²) >= 11 is 0. The van der Waals surface area contributed by atoms with Crippen LogP contribution in [-0.4, -0.2) is 21.5 Å². The monoisotopic (exact) mass is 788 g/mol. The second-order valence-electron chi connectivity index (χ2n) is 12.6. The molecule has 2 aliphatic heterocycles. The van der Waals surface area contributed by atoms with Crippen molar-refractivity contribution in [1.82, 2.24) is 10.9 Å². The number of hydrazone groups is 2. The van der Waals surface area contributed by atoms with Gasteiger partial charge in [-0.2, -0.15) is 20.5 Å². The summed E-state index contributed by atoms with van der Waals surface area (Å²) in [6, 6.07) is 44.3. The molecule has 0 unspecified atom stereocenters. The van der Waals surface area contributed by atoms with Crippen molar-refractivity contribution < 1.29 is 9.85 Å². The molecule has 0 fully saturated rings. The minimum absolute atomic E-state index is 0. The molecule has 56 heavy (non-hydrogen) atoms. The zero-order chi connectivity index (χ0) is 37.3. The molecule has 0 saturated heterocycles. The molecular weight excluding hydrogens is 755 g/mol. The zero-order valence-electron chi connectivity index (χ0n) is 29.9. The number of nitro benzene ring substituents is 2. The Morgan fingerprint density at radius 1 is 0.482 bits per heavy atom. The zero-order valence-corrected chi connectivity index (χ0v) is 31.5. The summed E-state index contributed by atoms with van der Waals surface area (Å²) in [4.78, 5) is 21.8. The maximum Gasteiger partial charge on any atom is 0.269 e. The molecule has 2 aliphatic rings. The van der Waals surface area contributed by atoms with Crippen molar-refractivity contribution in [3.05, 3.63) is 188 Å². The lowest BCUT2D eigenvalue weighted by molar-refractivity contribution is -0.385. The molecule has 282 valence electrons. The number of halogens is 2. The topological polar surface area (TPSA) is 148 Å². The van der Waals surface area contributed by atoms with Crippen LogP contribution in [0.1, 0.15) is 22.3 Å². The van der Waals surface area contributed by atoms with Gasteiger partial charge in [-0.15, -0.1) is 35.0 Å². The summed E-state index contributed by atoms with van der Waals surface area (Å²) in [5.41, 5.74) is 15.5. The van der Waals surface area contributed by atoms with Gasteiger partial charge in [-0.05, 0) is 84.6 Å². The molecule has 8 rings (SSSR count). The number of hydrogen-bond acceptors (Lipinski definition) is 12. The Morgan fingerprint density at radius 3 is 1.16 bits per heavy atom. The van der Waals surface area contributed by atoms with Gasteiger partial charge < -0.3 is 0 Å². The number of hydrogen-bond donors (Lipinski definition) is 2. The van der Waals surface area contributed by atoms with Crippen molar-refractivity contribution in [2.75, 3.05) is 20.5 Å². The van der Waals surface area contributed by atoms with Crippen LogP contribution < -0.4 is 31.3 Å². The van der Waals surface area contributed by atoms with E-state index in [-0.39, 0.29) is 36.2 Å². The Hall–Kier alpha value is -7.16. The van der Waals surface area contributed by atoms with Gasteiger partial charge in [0.25, 0.3) is 11.4 Å². The third kappa shape index (κ3) is 7.46. The van der Waals surface area contributed by atoms with Crippen molar-refractivity contribution >= 4 is 70.6 Å². The van der Waals surface area contributed by atoms with Gasteiger partial charge in [0, 0.05) is 35.4 Å². The molecule has 0 aromatic heterocycles. The van der Waals surface area contributed by atoms with E-state index >= 15 is 0 Å². The molecule has 16 heteroatoms. The van der Waals surface area contributed by atoms with Crippen molar-refractivity contribution in [2.24, 2.45) is 10.2 Å². The highest BCUT2D eigenvalue weighted by molar-refractivity contribution is 6.03. The van der Waals surface area contributed by atoms with Crippen LogP contribution >= 0.6 is 24.8 Å². The van der Waals surface area contributed by atoms with E-state index in [0.717, 1.165) is 44.8 Å². The van der Waals surface area contributed by atoms with E-state index in [4.69, 9.17) is 10.2 Å². The first-order valence-electron chi connectivity index (χ1n) is 17.0. The van der Waals surface area contributed by atoms with Gasteiger partial charge >= 0.3 is 0 Å². The van der Waals surface area contributed by atoms with E-state index in [1.165, 1.54) is 24.3 Å². The Morgan fingerprint density at radius 2 is 0.839 bits per heavy atom. The molecule has 6 aromatic rings. The summed E-state index contributed by atoms with van der Waals surface area (Å²) in [6.45, 7) is 4.05. The average Bonchev–Trinajstić information content (AvgIpc) is 3.85. The minimum Gasteiger partial charge on any atom is -0.259 e. The van der Waals surface area contributed by atoms with E-state index in [1.54, 1.807) is 34.5 Å². The lowest BCUT2D eigenvalue weighted by Crippen LogP contribution is -2.45. The number of amidine groups is 2. The fourth-order valence-corrected chi connectivity index (χ4v) is 6.29. The number of benzene rings is 6. The highest BCUT2D eigenvalue weighted by Crippen LogP contribution is 2.35. The molecular formula is C40H34Cl2N10O4. The third-order valence-electron chi connectivity index (χ3n) is 9.05. The molecule has 0 radical (unpaired) electrons. The molecule has 0 spiro atoms. The predicted molar refractivity (Wildman–Crippen MR) is 224 cm³/mol. The molecule has 0 atom stereocenters. The SMILES string of the molecule is Cc1cc(-c2ccc(N3NC(c4ccccc4)=NN3c3ccc([N+](=O)[O-])cc3)c(C)c2)ccc1N1NC(c2ccccc2)=NN1c1ccc([N+](=O)[O-])cc1.Cl.Cl. The van der Waals surface area contributed by atoms with Crippen LogP contribution in [0.15, 0.2) is 156 Å². The largest absolute Gasteiger partial charge is 0.269 e. The second-order valence-corrected chi connectivity index (χ2v) is 12.6. The van der Waals surface area contributed by atoms with Crippen molar-refractivity contribution in [3.63, 3.8) is 0 Å². The molecule has 0 amide bonds. The van der Waals surface area contributed by atoms with E-state index in [0.29, 0.717) is 23.0 Å². The van der Waals surface area contributed by atoms with Crippen LogP contribution in [0.4, 0.5) is 34.1 Å². The molecule has 6 aromatic carbocycles. The number of aryl methyl sites for hydroxylation is 2. The highest BCUT2D eigenvalue weighted by Gasteiger charge is 2.30. The quantitative estimate of drug-likeness (QED) is 0.108. The first-order chi connectivity index (χ1) is 26.2. The standard InChI is InChI=1S/C40H32N10O4.2ClH/c1-27-25-31(13-23-37(27)47-43-39(29-9-5-3-6-10-29)41-45(47)33-15-19-35(20-16-33)49(51)52)32-14-24-38(28(2)26-32)48-44-40(30-11-7-4-8-12-30)42-46(48)34-17-21-36(22-18-34)50(53)54;;/h3-26H,1-2H3,(H,41,43)(H,42,44);2*1H. The normalized spacial score (nSPS) is 13.2. The number of nitrogens with one attached hydrogen (secondary N) is 2.